The van der Waals surface area contributed by atoms with E-state index in [1.54, 1.807) is 34.3 Å². The highest BCUT2D eigenvalue weighted by atomic mass is 19.1. The molecule has 1 atom stereocenters. The van der Waals surface area contributed by atoms with E-state index < -0.39 is 0 Å². The number of benzene rings is 2. The summed E-state index contributed by atoms with van der Waals surface area (Å²) in [5.41, 5.74) is 2.87. The average molecular weight is 448 g/mol. The molecule has 0 aliphatic carbocycles. The first-order chi connectivity index (χ1) is 16.1. The molecule has 1 fully saturated rings. The minimum absolute atomic E-state index is 0.101. The Morgan fingerprint density at radius 1 is 1.12 bits per heavy atom. The van der Waals surface area contributed by atoms with Gasteiger partial charge in [-0.1, -0.05) is 24.3 Å². The van der Waals surface area contributed by atoms with Gasteiger partial charge in [-0.3, -0.25) is 9.69 Å². The topological polar surface area (TPSA) is 77.8 Å². The molecule has 0 radical (unpaired) electrons. The normalized spacial score (nSPS) is 17.7. The third-order valence-corrected chi connectivity index (χ3v) is 6.23. The van der Waals surface area contributed by atoms with Gasteiger partial charge in [0.05, 0.1) is 23.6 Å². The first-order valence-corrected chi connectivity index (χ1v) is 11.1. The van der Waals surface area contributed by atoms with Crippen molar-refractivity contribution in [2.45, 2.75) is 12.5 Å². The van der Waals surface area contributed by atoms with Gasteiger partial charge < -0.3 is 20.0 Å². The summed E-state index contributed by atoms with van der Waals surface area (Å²) in [6.07, 6.45) is 2.28. The van der Waals surface area contributed by atoms with Gasteiger partial charge in [-0.15, -0.1) is 0 Å². The maximum atomic E-state index is 13.7. The van der Waals surface area contributed by atoms with Crippen molar-refractivity contribution in [1.29, 1.82) is 0 Å². The van der Waals surface area contributed by atoms with Crippen molar-refractivity contribution < 1.29 is 18.4 Å². The quantitative estimate of drug-likeness (QED) is 0.642. The molecule has 1 aromatic heterocycles. The third-order valence-electron chi connectivity index (χ3n) is 6.23. The van der Waals surface area contributed by atoms with Gasteiger partial charge in [0.25, 0.3) is 5.91 Å². The zero-order valence-corrected chi connectivity index (χ0v) is 18.1. The first kappa shape index (κ1) is 21.2. The minimum Gasteiger partial charge on any atom is -0.464 e. The van der Waals surface area contributed by atoms with E-state index in [4.69, 9.17) is 4.42 Å². The molecule has 7 nitrogen and oxygen atoms in total. The van der Waals surface area contributed by atoms with Gasteiger partial charge in [0.15, 0.2) is 0 Å². The molecule has 0 bridgehead atoms. The van der Waals surface area contributed by atoms with Crippen LogP contribution < -0.4 is 15.5 Å². The van der Waals surface area contributed by atoms with Crippen LogP contribution in [0.25, 0.3) is 11.3 Å². The Kier molecular flexibility index (Phi) is 5.83. The summed E-state index contributed by atoms with van der Waals surface area (Å²) < 4.78 is 19.2. The molecule has 2 aliphatic rings. The van der Waals surface area contributed by atoms with E-state index in [-0.39, 0.29) is 23.8 Å². The number of furan rings is 1. The molecule has 2 aromatic carbocycles. The Morgan fingerprint density at radius 3 is 2.85 bits per heavy atom. The molecule has 0 saturated carbocycles. The number of piperazine rings is 1. The number of nitrogens with one attached hydrogen (secondary N) is 2. The first-order valence-electron chi connectivity index (χ1n) is 11.1. The fourth-order valence-electron chi connectivity index (χ4n) is 4.55. The number of nitrogens with zero attached hydrogens (tertiary/aromatic N) is 2. The van der Waals surface area contributed by atoms with Crippen molar-refractivity contribution >= 4 is 17.6 Å². The van der Waals surface area contributed by atoms with Gasteiger partial charge in [0, 0.05) is 38.3 Å². The highest BCUT2D eigenvalue weighted by molar-refractivity contribution is 6.00. The summed E-state index contributed by atoms with van der Waals surface area (Å²) in [6, 6.07) is 15.0. The van der Waals surface area contributed by atoms with Crippen molar-refractivity contribution in [3.8, 4) is 11.3 Å². The van der Waals surface area contributed by atoms with E-state index in [1.165, 1.54) is 12.1 Å². The van der Waals surface area contributed by atoms with E-state index in [9.17, 15) is 14.0 Å². The predicted octanol–water partition coefficient (Wildman–Crippen LogP) is 3.27. The van der Waals surface area contributed by atoms with Crippen LogP contribution in [-0.2, 0) is 6.42 Å². The van der Waals surface area contributed by atoms with Crippen molar-refractivity contribution in [2.24, 2.45) is 0 Å². The van der Waals surface area contributed by atoms with Gasteiger partial charge in [-0.2, -0.15) is 0 Å². The smallest absolute Gasteiger partial charge is 0.321 e. The van der Waals surface area contributed by atoms with Crippen LogP contribution in [0, 0.1) is 5.82 Å². The van der Waals surface area contributed by atoms with E-state index in [1.807, 2.05) is 24.3 Å². The van der Waals surface area contributed by atoms with Crippen LogP contribution in [0.1, 0.15) is 15.9 Å². The summed E-state index contributed by atoms with van der Waals surface area (Å²) in [5.74, 6) is 0.173. The molecule has 3 amide bonds. The fraction of sp³-hybridized carbons (Fsp3) is 0.280. The molecule has 33 heavy (non-hydrogen) atoms. The lowest BCUT2D eigenvalue weighted by atomic mass is 10.0. The minimum atomic E-state index is -0.364. The van der Waals surface area contributed by atoms with Gasteiger partial charge in [-0.05, 0) is 42.3 Å². The average Bonchev–Trinajstić information content (AvgIpc) is 3.52. The largest absolute Gasteiger partial charge is 0.464 e. The van der Waals surface area contributed by atoms with Crippen LogP contribution >= 0.6 is 0 Å². The highest BCUT2D eigenvalue weighted by Crippen LogP contribution is 2.29. The third kappa shape index (κ3) is 4.21. The number of hydrogen-bond acceptors (Lipinski definition) is 4. The predicted molar refractivity (Wildman–Crippen MR) is 123 cm³/mol. The molecule has 170 valence electrons. The van der Waals surface area contributed by atoms with Crippen LogP contribution in [0.15, 0.2) is 65.3 Å². The fourth-order valence-corrected chi connectivity index (χ4v) is 4.55. The van der Waals surface area contributed by atoms with Crippen LogP contribution in [-0.4, -0.2) is 55.6 Å². The zero-order chi connectivity index (χ0) is 22.8. The molecule has 5 rings (SSSR count). The number of carbonyl (C=O) groups excluding carboxylic acids is 2. The van der Waals surface area contributed by atoms with E-state index >= 15 is 0 Å². The molecule has 3 aromatic rings. The van der Waals surface area contributed by atoms with Gasteiger partial charge in [0.1, 0.15) is 11.6 Å². The zero-order valence-electron chi connectivity index (χ0n) is 18.1. The highest BCUT2D eigenvalue weighted by Gasteiger charge is 2.31. The van der Waals surface area contributed by atoms with E-state index in [2.05, 4.69) is 10.6 Å². The summed E-state index contributed by atoms with van der Waals surface area (Å²) >= 11 is 0. The lowest BCUT2D eigenvalue weighted by Crippen LogP contribution is -2.58. The SMILES string of the molecule is O=C(NC[C@@H]1CNCCN1C(=O)c1ccccc1-c1ccco1)N1CCc2ccc(F)cc21. The van der Waals surface area contributed by atoms with E-state index in [0.717, 1.165) is 11.1 Å². The molecule has 2 aliphatic heterocycles. The number of urea groups is 1. The Morgan fingerprint density at radius 2 is 2.00 bits per heavy atom. The number of anilines is 1. The number of carbonyl (C=O) groups is 2. The van der Waals surface area contributed by atoms with Gasteiger partial charge in [0.2, 0.25) is 0 Å². The van der Waals surface area contributed by atoms with Crippen LogP contribution in [0.5, 0.6) is 0 Å². The summed E-state index contributed by atoms with van der Waals surface area (Å²) in [5, 5.41) is 6.25. The molecule has 3 heterocycles. The molecular weight excluding hydrogens is 423 g/mol. The molecule has 2 N–H and O–H groups in total. The number of rotatable bonds is 4. The standard InChI is InChI=1S/C25H25FN4O3/c26-18-8-7-17-9-11-30(22(17)14-18)25(32)28-16-19-15-27-10-12-29(19)24(31)21-5-2-1-4-20(21)23-6-3-13-33-23/h1-8,13-14,19,27H,9-12,15-16H2,(H,28,32)/t19-/m0/s1. The lowest BCUT2D eigenvalue weighted by Gasteiger charge is -2.37. The van der Waals surface area contributed by atoms with Crippen molar-refractivity contribution in [3.63, 3.8) is 0 Å². The van der Waals surface area contributed by atoms with Crippen molar-refractivity contribution in [2.75, 3.05) is 37.6 Å². The molecule has 1 saturated heterocycles. The number of hydrogen-bond donors (Lipinski definition) is 2. The van der Waals surface area contributed by atoms with Crippen LogP contribution in [0.3, 0.4) is 0 Å². The van der Waals surface area contributed by atoms with E-state index in [0.29, 0.717) is 56.2 Å². The lowest BCUT2D eigenvalue weighted by molar-refractivity contribution is 0.0638. The maximum Gasteiger partial charge on any atom is 0.321 e. The Labute approximate surface area is 191 Å². The Balaban J connectivity index is 1.30. The molecule has 8 heteroatoms. The summed E-state index contributed by atoms with van der Waals surface area (Å²) in [6.45, 7) is 2.58. The monoisotopic (exact) mass is 448 g/mol. The molecular formula is C25H25FN4O3. The maximum absolute atomic E-state index is 13.7. The van der Waals surface area contributed by atoms with Gasteiger partial charge >= 0.3 is 6.03 Å². The summed E-state index contributed by atoms with van der Waals surface area (Å²) in [7, 11) is 0. The number of halogens is 1. The van der Waals surface area contributed by atoms with Gasteiger partial charge in [-0.25, -0.2) is 9.18 Å². The number of fused-ring (bicyclic) bond motifs is 1. The van der Waals surface area contributed by atoms with Crippen LogP contribution in [0.4, 0.5) is 14.9 Å². The second-order valence-corrected chi connectivity index (χ2v) is 8.24. The Bertz CT molecular complexity index is 1160. The van der Waals surface area contributed by atoms with Crippen LogP contribution in [0.2, 0.25) is 0 Å². The molecule has 0 unspecified atom stereocenters. The second kappa shape index (κ2) is 9.07. The summed E-state index contributed by atoms with van der Waals surface area (Å²) in [4.78, 5) is 29.8. The molecule has 0 spiro atoms. The van der Waals surface area contributed by atoms with Crippen molar-refractivity contribution in [1.82, 2.24) is 15.5 Å². The number of amides is 3. The second-order valence-electron chi connectivity index (χ2n) is 8.24. The van der Waals surface area contributed by atoms with Crippen molar-refractivity contribution in [3.05, 3.63) is 77.8 Å². The Hall–Kier alpha value is -3.65.